The summed E-state index contributed by atoms with van der Waals surface area (Å²) in [6, 6.07) is 11.6. The number of aromatic nitrogens is 1. The maximum atomic E-state index is 12.5. The van der Waals surface area contributed by atoms with E-state index in [0.29, 0.717) is 16.4 Å². The molecule has 0 spiro atoms. The number of anilines is 1. The van der Waals surface area contributed by atoms with Gasteiger partial charge in [-0.05, 0) is 12.1 Å². The number of amides is 1. The number of pyridine rings is 1. The highest BCUT2D eigenvalue weighted by Gasteiger charge is 2.17. The average molecular weight is 346 g/mol. The summed E-state index contributed by atoms with van der Waals surface area (Å²) in [5.41, 5.74) is 0.961. The Kier molecular flexibility index (Phi) is 4.50. The minimum absolute atomic E-state index is 0.162. The highest BCUT2D eigenvalue weighted by Crippen LogP contribution is 2.35. The maximum absolute atomic E-state index is 12.5. The van der Waals surface area contributed by atoms with E-state index in [2.05, 4.69) is 10.3 Å². The normalized spacial score (nSPS) is 10.7. The molecule has 6 heteroatoms. The fourth-order valence-corrected chi connectivity index (χ4v) is 3.82. The monoisotopic (exact) mass is 345 g/mol. The van der Waals surface area contributed by atoms with Crippen LogP contribution in [0.2, 0.25) is 5.02 Å². The average Bonchev–Trinajstić information content (AvgIpc) is 2.90. The summed E-state index contributed by atoms with van der Waals surface area (Å²) in [5.74, 6) is 0.681. The summed E-state index contributed by atoms with van der Waals surface area (Å²) in [4.78, 5) is 19.3. The highest BCUT2D eigenvalue weighted by molar-refractivity contribution is 7.21. The first kappa shape index (κ1) is 15.8. The molecule has 4 nitrogen and oxygen atoms in total. The van der Waals surface area contributed by atoms with E-state index in [0.717, 1.165) is 21.5 Å². The number of carbonyl (C=O) groups excluding carboxylic acids is 1. The number of nitrogens with one attached hydrogen (secondary N) is 1. The summed E-state index contributed by atoms with van der Waals surface area (Å²) in [5, 5.41) is 4.36. The molecule has 0 radical (unpaired) electrons. The number of halogens is 1. The van der Waals surface area contributed by atoms with Gasteiger partial charge in [0.05, 0.1) is 5.02 Å². The Hall–Kier alpha value is -2.11. The third kappa shape index (κ3) is 3.16. The first-order valence-electron chi connectivity index (χ1n) is 7.14. The van der Waals surface area contributed by atoms with Gasteiger partial charge in [-0.3, -0.25) is 4.79 Å². The number of hydrogen-bond acceptors (Lipinski definition) is 4. The van der Waals surface area contributed by atoms with Gasteiger partial charge in [-0.2, -0.15) is 0 Å². The van der Waals surface area contributed by atoms with E-state index in [9.17, 15) is 4.79 Å². The molecule has 0 saturated heterocycles. The second-order valence-electron chi connectivity index (χ2n) is 5.30. The van der Waals surface area contributed by atoms with Crippen molar-refractivity contribution in [3.05, 3.63) is 58.1 Å². The number of hydrogen-bond donors (Lipinski definition) is 1. The lowest BCUT2D eigenvalue weighted by atomic mass is 10.2. The van der Waals surface area contributed by atoms with Crippen LogP contribution in [0, 0.1) is 0 Å². The summed E-state index contributed by atoms with van der Waals surface area (Å²) in [7, 11) is 3.85. The first-order chi connectivity index (χ1) is 11.1. The largest absolute Gasteiger partial charge is 0.362 e. The number of carbonyl (C=O) groups is 1. The van der Waals surface area contributed by atoms with Crippen molar-refractivity contribution in [3.63, 3.8) is 0 Å². The van der Waals surface area contributed by atoms with Gasteiger partial charge in [-0.1, -0.05) is 35.9 Å². The molecule has 0 saturated carbocycles. The van der Waals surface area contributed by atoms with E-state index < -0.39 is 0 Å². The molecule has 0 atom stereocenters. The van der Waals surface area contributed by atoms with Crippen LogP contribution in [0.25, 0.3) is 10.1 Å². The van der Waals surface area contributed by atoms with Crippen molar-refractivity contribution in [1.29, 1.82) is 0 Å². The van der Waals surface area contributed by atoms with Crippen molar-refractivity contribution in [2.45, 2.75) is 6.54 Å². The van der Waals surface area contributed by atoms with Crippen molar-refractivity contribution in [1.82, 2.24) is 10.3 Å². The molecule has 3 rings (SSSR count). The fraction of sp³-hybridized carbons (Fsp3) is 0.176. The van der Waals surface area contributed by atoms with Gasteiger partial charge < -0.3 is 10.2 Å². The quantitative estimate of drug-likeness (QED) is 0.778. The van der Waals surface area contributed by atoms with Crippen molar-refractivity contribution < 1.29 is 4.79 Å². The molecule has 0 fully saturated rings. The Labute approximate surface area is 143 Å². The molecule has 1 amide bonds. The minimum atomic E-state index is -0.162. The van der Waals surface area contributed by atoms with Crippen molar-refractivity contribution in [2.24, 2.45) is 0 Å². The van der Waals surface area contributed by atoms with Crippen molar-refractivity contribution in [2.75, 3.05) is 19.0 Å². The second-order valence-corrected chi connectivity index (χ2v) is 6.73. The predicted octanol–water partition coefficient (Wildman–Crippen LogP) is 3.95. The number of thiophene rings is 1. The Morgan fingerprint density at radius 2 is 2.04 bits per heavy atom. The third-order valence-corrected chi connectivity index (χ3v) is 5.15. The van der Waals surface area contributed by atoms with E-state index in [-0.39, 0.29) is 5.91 Å². The zero-order valence-electron chi connectivity index (χ0n) is 12.8. The lowest BCUT2D eigenvalue weighted by molar-refractivity contribution is 0.0955. The Balaban J connectivity index is 1.81. The SMILES string of the molecule is CN(C)c1ncccc1CNC(=O)c1sc2ccccc2c1Cl. The van der Waals surface area contributed by atoms with Gasteiger partial charge in [0.1, 0.15) is 10.7 Å². The topological polar surface area (TPSA) is 45.2 Å². The standard InChI is InChI=1S/C17H16ClN3OS/c1-21(2)16-11(6-5-9-19-16)10-20-17(22)15-14(18)12-7-3-4-8-13(12)23-15/h3-9H,10H2,1-2H3,(H,20,22). The molecule has 0 aliphatic carbocycles. The zero-order chi connectivity index (χ0) is 16.4. The van der Waals surface area contributed by atoms with Crippen LogP contribution in [-0.4, -0.2) is 25.0 Å². The third-order valence-electron chi connectivity index (χ3n) is 3.47. The number of rotatable bonds is 4. The van der Waals surface area contributed by atoms with Crippen LogP contribution < -0.4 is 10.2 Å². The molecule has 2 heterocycles. The Bertz CT molecular complexity index is 860. The molecule has 0 aliphatic rings. The molecule has 0 unspecified atom stereocenters. The summed E-state index contributed by atoms with van der Waals surface area (Å²) in [6.45, 7) is 0.408. The van der Waals surface area contributed by atoms with E-state index in [1.807, 2.05) is 55.4 Å². The summed E-state index contributed by atoms with van der Waals surface area (Å²) < 4.78 is 1.01. The molecule has 2 aromatic heterocycles. The Morgan fingerprint density at radius 3 is 2.78 bits per heavy atom. The van der Waals surface area contributed by atoms with Crippen LogP contribution in [0.3, 0.4) is 0 Å². The Morgan fingerprint density at radius 1 is 1.26 bits per heavy atom. The van der Waals surface area contributed by atoms with Crippen LogP contribution in [0.1, 0.15) is 15.2 Å². The van der Waals surface area contributed by atoms with Gasteiger partial charge in [0.15, 0.2) is 0 Å². The summed E-state index contributed by atoms with van der Waals surface area (Å²) >= 11 is 7.75. The molecule has 1 aromatic carbocycles. The van der Waals surface area contributed by atoms with Crippen LogP contribution in [0.5, 0.6) is 0 Å². The van der Waals surface area contributed by atoms with Gasteiger partial charge in [-0.25, -0.2) is 4.98 Å². The minimum Gasteiger partial charge on any atom is -0.362 e. The summed E-state index contributed by atoms with van der Waals surface area (Å²) in [6.07, 6.45) is 1.74. The molecular weight excluding hydrogens is 330 g/mol. The predicted molar refractivity (Wildman–Crippen MR) is 96.6 cm³/mol. The molecule has 3 aromatic rings. The second kappa shape index (κ2) is 6.56. The highest BCUT2D eigenvalue weighted by atomic mass is 35.5. The van der Waals surface area contributed by atoms with E-state index >= 15 is 0 Å². The van der Waals surface area contributed by atoms with Gasteiger partial charge >= 0.3 is 0 Å². The zero-order valence-corrected chi connectivity index (χ0v) is 14.4. The van der Waals surface area contributed by atoms with Gasteiger partial charge in [-0.15, -0.1) is 11.3 Å². The van der Waals surface area contributed by atoms with Gasteiger partial charge in [0, 0.05) is 42.5 Å². The van der Waals surface area contributed by atoms with Crippen LogP contribution in [0.15, 0.2) is 42.6 Å². The molecule has 0 aliphatic heterocycles. The molecule has 0 bridgehead atoms. The van der Waals surface area contributed by atoms with Gasteiger partial charge in [0.2, 0.25) is 0 Å². The molecule has 118 valence electrons. The maximum Gasteiger partial charge on any atom is 0.263 e. The van der Waals surface area contributed by atoms with E-state index in [1.54, 1.807) is 6.20 Å². The molecule has 23 heavy (non-hydrogen) atoms. The lowest BCUT2D eigenvalue weighted by Gasteiger charge is -2.15. The van der Waals surface area contributed by atoms with E-state index in [4.69, 9.17) is 11.6 Å². The van der Waals surface area contributed by atoms with Gasteiger partial charge in [0.25, 0.3) is 5.91 Å². The first-order valence-corrected chi connectivity index (χ1v) is 8.34. The number of nitrogens with zero attached hydrogens (tertiary/aromatic N) is 2. The lowest BCUT2D eigenvalue weighted by Crippen LogP contribution is -2.24. The number of fused-ring (bicyclic) bond motifs is 1. The smallest absolute Gasteiger partial charge is 0.263 e. The van der Waals surface area contributed by atoms with Crippen LogP contribution >= 0.6 is 22.9 Å². The molecular formula is C17H16ClN3OS. The van der Waals surface area contributed by atoms with Crippen LogP contribution in [0.4, 0.5) is 5.82 Å². The number of benzene rings is 1. The van der Waals surface area contributed by atoms with Crippen LogP contribution in [-0.2, 0) is 6.54 Å². The molecule has 1 N–H and O–H groups in total. The van der Waals surface area contributed by atoms with Crippen molar-refractivity contribution >= 4 is 44.7 Å². The fourth-order valence-electron chi connectivity index (χ4n) is 2.39. The van der Waals surface area contributed by atoms with Crippen molar-refractivity contribution in [3.8, 4) is 0 Å². The van der Waals surface area contributed by atoms with E-state index in [1.165, 1.54) is 11.3 Å².